The molecule has 0 aliphatic rings. The average Bonchev–Trinajstić information content (AvgIpc) is 1.86. The summed E-state index contributed by atoms with van der Waals surface area (Å²) in [7, 11) is 0. The van der Waals surface area contributed by atoms with E-state index in [-0.39, 0.29) is 23.7 Å². The molecular weight excluding hydrogens is 144 g/mol. The van der Waals surface area contributed by atoms with Crippen molar-refractivity contribution in [2.75, 3.05) is 6.61 Å². The number of ketones is 2. The Morgan fingerprint density at radius 2 is 2.00 bits per heavy atom. The van der Waals surface area contributed by atoms with E-state index in [0.717, 1.165) is 0 Å². The van der Waals surface area contributed by atoms with E-state index in [2.05, 4.69) is 6.58 Å². The maximum atomic E-state index is 10.9. The minimum Gasteiger partial charge on any atom is -0.491 e. The van der Waals surface area contributed by atoms with Crippen LogP contribution < -0.4 is 0 Å². The molecule has 0 aliphatic heterocycles. The topological polar surface area (TPSA) is 43.4 Å². The molecular formula is C8H12O3. The largest absolute Gasteiger partial charge is 0.491 e. The van der Waals surface area contributed by atoms with Gasteiger partial charge in [-0.15, -0.1) is 0 Å². The Kier molecular flexibility index (Phi) is 4.18. The molecule has 0 radical (unpaired) electrons. The summed E-state index contributed by atoms with van der Waals surface area (Å²) < 4.78 is 4.81. The zero-order valence-corrected chi connectivity index (χ0v) is 6.85. The molecule has 0 aromatic heterocycles. The summed E-state index contributed by atoms with van der Waals surface area (Å²) in [5.41, 5.74) is 0. The maximum absolute atomic E-state index is 10.9. The standard InChI is InChI=1S/C8H12O3/c1-4-11-7(3)8(10)5-6(2)9/h3-5H2,1-2H3. The summed E-state index contributed by atoms with van der Waals surface area (Å²) in [6.45, 7) is 6.89. The van der Waals surface area contributed by atoms with Crippen LogP contribution in [0.2, 0.25) is 0 Å². The molecule has 0 saturated heterocycles. The molecule has 0 bridgehead atoms. The second kappa shape index (κ2) is 4.66. The van der Waals surface area contributed by atoms with Gasteiger partial charge >= 0.3 is 0 Å². The van der Waals surface area contributed by atoms with Gasteiger partial charge in [-0.25, -0.2) is 0 Å². The van der Waals surface area contributed by atoms with Gasteiger partial charge in [-0.3, -0.25) is 9.59 Å². The Morgan fingerprint density at radius 1 is 1.45 bits per heavy atom. The van der Waals surface area contributed by atoms with Gasteiger partial charge in [0, 0.05) is 0 Å². The highest BCUT2D eigenvalue weighted by atomic mass is 16.5. The normalized spacial score (nSPS) is 8.91. The smallest absolute Gasteiger partial charge is 0.204 e. The minimum atomic E-state index is -0.334. The molecule has 0 N–H and O–H groups in total. The first kappa shape index (κ1) is 9.88. The molecule has 0 aliphatic carbocycles. The molecule has 0 atom stereocenters. The average molecular weight is 156 g/mol. The molecule has 0 aromatic rings. The monoisotopic (exact) mass is 156 g/mol. The van der Waals surface area contributed by atoms with E-state index in [1.54, 1.807) is 6.92 Å². The molecule has 62 valence electrons. The lowest BCUT2D eigenvalue weighted by atomic mass is 10.2. The summed E-state index contributed by atoms with van der Waals surface area (Å²) in [6.07, 6.45) is -0.112. The predicted octanol–water partition coefficient (Wildman–Crippen LogP) is 1.08. The van der Waals surface area contributed by atoms with Crippen LogP contribution in [0.4, 0.5) is 0 Å². The van der Waals surface area contributed by atoms with Crippen LogP contribution in [0.15, 0.2) is 12.3 Å². The van der Waals surface area contributed by atoms with Crippen molar-refractivity contribution in [3.05, 3.63) is 12.3 Å². The number of allylic oxidation sites excluding steroid dienone is 1. The summed E-state index contributed by atoms with van der Waals surface area (Å²) in [4.78, 5) is 21.3. The lowest BCUT2D eigenvalue weighted by Gasteiger charge is -2.02. The van der Waals surface area contributed by atoms with E-state index in [4.69, 9.17) is 4.74 Å². The van der Waals surface area contributed by atoms with Gasteiger partial charge in [-0.2, -0.15) is 0 Å². The SMILES string of the molecule is C=C(OCC)C(=O)CC(C)=O. The Hall–Kier alpha value is -1.12. The second-order valence-electron chi connectivity index (χ2n) is 2.16. The maximum Gasteiger partial charge on any atom is 0.204 e. The molecule has 0 fully saturated rings. The summed E-state index contributed by atoms with van der Waals surface area (Å²) >= 11 is 0. The minimum absolute atomic E-state index is 0.0719. The van der Waals surface area contributed by atoms with E-state index in [9.17, 15) is 9.59 Å². The third-order valence-corrected chi connectivity index (χ3v) is 1.04. The van der Waals surface area contributed by atoms with Crippen molar-refractivity contribution in [1.82, 2.24) is 0 Å². The molecule has 0 amide bonds. The van der Waals surface area contributed by atoms with Crippen molar-refractivity contribution in [2.45, 2.75) is 20.3 Å². The van der Waals surface area contributed by atoms with Crippen LogP contribution in [0.3, 0.4) is 0 Å². The first-order valence-corrected chi connectivity index (χ1v) is 3.42. The van der Waals surface area contributed by atoms with Crippen LogP contribution in [0.1, 0.15) is 20.3 Å². The number of ether oxygens (including phenoxy) is 1. The van der Waals surface area contributed by atoms with E-state index < -0.39 is 0 Å². The summed E-state index contributed by atoms with van der Waals surface area (Å²) in [5, 5.41) is 0. The van der Waals surface area contributed by atoms with Crippen LogP contribution in [-0.2, 0) is 14.3 Å². The van der Waals surface area contributed by atoms with Crippen LogP contribution in [0.25, 0.3) is 0 Å². The fourth-order valence-electron chi connectivity index (χ4n) is 0.579. The molecule has 0 spiro atoms. The van der Waals surface area contributed by atoms with Crippen molar-refractivity contribution in [1.29, 1.82) is 0 Å². The molecule has 0 aromatic carbocycles. The third kappa shape index (κ3) is 4.31. The number of Topliss-reactive ketones (excluding diaryl/α,β-unsaturated/α-hetero) is 2. The molecule has 3 nitrogen and oxygen atoms in total. The summed E-state index contributed by atoms with van der Waals surface area (Å²) in [5.74, 6) is -0.432. The van der Waals surface area contributed by atoms with Crippen molar-refractivity contribution < 1.29 is 14.3 Å². The van der Waals surface area contributed by atoms with E-state index in [1.165, 1.54) is 6.92 Å². The molecule has 11 heavy (non-hydrogen) atoms. The zero-order valence-electron chi connectivity index (χ0n) is 6.85. The van der Waals surface area contributed by atoms with Crippen molar-refractivity contribution in [2.24, 2.45) is 0 Å². The zero-order chi connectivity index (χ0) is 8.85. The Balaban J connectivity index is 3.83. The van der Waals surface area contributed by atoms with Gasteiger partial charge in [0.25, 0.3) is 0 Å². The molecule has 3 heteroatoms. The predicted molar refractivity (Wildman–Crippen MR) is 41.1 cm³/mol. The quantitative estimate of drug-likeness (QED) is 0.340. The van der Waals surface area contributed by atoms with Crippen LogP contribution in [-0.4, -0.2) is 18.2 Å². The number of hydrogen-bond donors (Lipinski definition) is 0. The third-order valence-electron chi connectivity index (χ3n) is 1.04. The lowest BCUT2D eigenvalue weighted by molar-refractivity contribution is -0.125. The van der Waals surface area contributed by atoms with E-state index in [0.29, 0.717) is 6.61 Å². The molecule has 0 saturated carbocycles. The fourth-order valence-corrected chi connectivity index (χ4v) is 0.579. The highest BCUT2D eigenvalue weighted by Crippen LogP contribution is 1.99. The number of carbonyl (C=O) groups excluding carboxylic acids is 2. The highest BCUT2D eigenvalue weighted by Gasteiger charge is 2.09. The number of carbonyl (C=O) groups is 2. The van der Waals surface area contributed by atoms with Crippen molar-refractivity contribution in [3.63, 3.8) is 0 Å². The fraction of sp³-hybridized carbons (Fsp3) is 0.500. The lowest BCUT2D eigenvalue weighted by Crippen LogP contribution is -2.09. The Morgan fingerprint density at radius 3 is 2.36 bits per heavy atom. The first-order valence-electron chi connectivity index (χ1n) is 3.42. The van der Waals surface area contributed by atoms with Crippen LogP contribution >= 0.6 is 0 Å². The Labute approximate surface area is 66.0 Å². The van der Waals surface area contributed by atoms with Gasteiger partial charge in [0.2, 0.25) is 5.78 Å². The van der Waals surface area contributed by atoms with Gasteiger partial charge in [-0.05, 0) is 13.8 Å². The van der Waals surface area contributed by atoms with Crippen LogP contribution in [0.5, 0.6) is 0 Å². The summed E-state index contributed by atoms with van der Waals surface area (Å²) in [6, 6.07) is 0. The highest BCUT2D eigenvalue weighted by molar-refractivity contribution is 6.05. The van der Waals surface area contributed by atoms with E-state index in [1.807, 2.05) is 0 Å². The molecule has 0 unspecified atom stereocenters. The van der Waals surface area contributed by atoms with Gasteiger partial charge < -0.3 is 4.74 Å². The first-order chi connectivity index (χ1) is 5.07. The van der Waals surface area contributed by atoms with Gasteiger partial charge in [-0.1, -0.05) is 6.58 Å². The second-order valence-corrected chi connectivity index (χ2v) is 2.16. The number of hydrogen-bond acceptors (Lipinski definition) is 3. The van der Waals surface area contributed by atoms with Crippen molar-refractivity contribution in [3.8, 4) is 0 Å². The molecule has 0 heterocycles. The number of rotatable bonds is 5. The van der Waals surface area contributed by atoms with Crippen molar-refractivity contribution >= 4 is 11.6 Å². The van der Waals surface area contributed by atoms with Crippen LogP contribution in [0, 0.1) is 0 Å². The van der Waals surface area contributed by atoms with Gasteiger partial charge in [0.05, 0.1) is 13.0 Å². The van der Waals surface area contributed by atoms with Gasteiger partial charge in [0.1, 0.15) is 5.78 Å². The molecule has 0 rings (SSSR count). The van der Waals surface area contributed by atoms with Gasteiger partial charge in [0.15, 0.2) is 5.76 Å². The van der Waals surface area contributed by atoms with E-state index >= 15 is 0 Å². The Bertz CT molecular complexity index is 182.